The quantitative estimate of drug-likeness (QED) is 0.793. The van der Waals surface area contributed by atoms with Crippen molar-refractivity contribution in [1.82, 2.24) is 14.5 Å². The lowest BCUT2D eigenvalue weighted by atomic mass is 10.2. The minimum atomic E-state index is -0.348. The topological polar surface area (TPSA) is 76.7 Å². The molecule has 0 aromatic carbocycles. The van der Waals surface area contributed by atoms with Crippen LogP contribution < -0.4 is 5.73 Å². The van der Waals surface area contributed by atoms with Gasteiger partial charge in [-0.25, -0.2) is 4.98 Å². The van der Waals surface area contributed by atoms with Gasteiger partial charge in [-0.2, -0.15) is 0 Å². The van der Waals surface area contributed by atoms with Crippen molar-refractivity contribution in [3.8, 4) is 0 Å². The Hall–Kier alpha value is -1.69. The molecule has 3 N–H and O–H groups in total. The van der Waals surface area contributed by atoms with Crippen molar-refractivity contribution in [2.24, 2.45) is 5.73 Å². The molecule has 0 saturated carbocycles. The van der Waals surface area contributed by atoms with Gasteiger partial charge in [-0.3, -0.25) is 9.36 Å². The van der Waals surface area contributed by atoms with Crippen LogP contribution in [0.2, 0.25) is 0 Å². The van der Waals surface area contributed by atoms with E-state index in [1.807, 2.05) is 23.6 Å². The second-order valence-electron chi connectivity index (χ2n) is 3.69. The highest BCUT2D eigenvalue weighted by Crippen LogP contribution is 2.18. The molecule has 5 nitrogen and oxygen atoms in total. The van der Waals surface area contributed by atoms with E-state index in [4.69, 9.17) is 18.0 Å². The number of hydrogen-bond donors (Lipinski definition) is 2. The van der Waals surface area contributed by atoms with E-state index in [1.54, 1.807) is 6.20 Å². The second-order valence-corrected chi connectivity index (χ2v) is 4.08. The minimum absolute atomic E-state index is 0.0892. The second kappa shape index (κ2) is 4.05. The molecule has 0 aliphatic carbocycles. The Morgan fingerprint density at radius 1 is 1.75 bits per heavy atom. The van der Waals surface area contributed by atoms with Crippen molar-refractivity contribution in [1.29, 1.82) is 0 Å². The van der Waals surface area contributed by atoms with Crippen molar-refractivity contribution < 1.29 is 4.79 Å². The van der Waals surface area contributed by atoms with Gasteiger partial charge in [0.2, 0.25) is 5.91 Å². The maximum absolute atomic E-state index is 10.9. The Kier molecular flexibility index (Phi) is 2.74. The summed E-state index contributed by atoms with van der Waals surface area (Å²) in [6, 6.07) is 3.64. The molecule has 2 aromatic rings. The van der Waals surface area contributed by atoms with E-state index in [0.29, 0.717) is 4.77 Å². The van der Waals surface area contributed by atoms with Crippen LogP contribution >= 0.6 is 12.2 Å². The third-order valence-corrected chi connectivity index (χ3v) is 2.71. The lowest BCUT2D eigenvalue weighted by molar-refractivity contribution is -0.118. The van der Waals surface area contributed by atoms with E-state index in [-0.39, 0.29) is 18.4 Å². The van der Waals surface area contributed by atoms with Crippen LogP contribution in [-0.4, -0.2) is 20.4 Å². The monoisotopic (exact) mass is 236 g/mol. The van der Waals surface area contributed by atoms with Crippen LogP contribution in [0, 0.1) is 4.77 Å². The lowest BCUT2D eigenvalue weighted by Gasteiger charge is -2.11. The number of aromatic amines is 1. The van der Waals surface area contributed by atoms with Crippen molar-refractivity contribution in [2.45, 2.75) is 19.4 Å². The number of carbonyl (C=O) groups excluding carboxylic acids is 1. The van der Waals surface area contributed by atoms with Crippen LogP contribution in [0.5, 0.6) is 0 Å². The molecule has 16 heavy (non-hydrogen) atoms. The highest BCUT2D eigenvalue weighted by Gasteiger charge is 2.13. The summed E-state index contributed by atoms with van der Waals surface area (Å²) in [6.07, 6.45) is 1.94. The van der Waals surface area contributed by atoms with Crippen molar-refractivity contribution in [3.05, 3.63) is 23.1 Å². The van der Waals surface area contributed by atoms with E-state index in [9.17, 15) is 4.79 Å². The normalized spacial score (nSPS) is 12.8. The van der Waals surface area contributed by atoms with Gasteiger partial charge in [0.25, 0.3) is 0 Å². The maximum Gasteiger partial charge on any atom is 0.219 e. The Bertz CT molecular complexity index is 586. The molecule has 0 saturated heterocycles. The first-order valence-electron chi connectivity index (χ1n) is 4.93. The molecule has 0 bridgehead atoms. The Morgan fingerprint density at radius 2 is 2.50 bits per heavy atom. The fourth-order valence-electron chi connectivity index (χ4n) is 1.75. The summed E-state index contributed by atoms with van der Waals surface area (Å²) in [7, 11) is 0. The summed E-state index contributed by atoms with van der Waals surface area (Å²) in [5.41, 5.74) is 6.79. The standard InChI is InChI=1S/C10H12N4OS/c1-6(5-8(11)15)14-9-7(13-10(14)16)3-2-4-12-9/h2-4,6H,5H2,1H3,(H2,11,15)(H,13,16). The van der Waals surface area contributed by atoms with Gasteiger partial charge in [0.1, 0.15) is 0 Å². The summed E-state index contributed by atoms with van der Waals surface area (Å²) in [6.45, 7) is 1.89. The Morgan fingerprint density at radius 3 is 3.19 bits per heavy atom. The SMILES string of the molecule is CC(CC(N)=O)n1c(=S)[nH]c2cccnc21. The first-order valence-corrected chi connectivity index (χ1v) is 5.34. The molecule has 0 radical (unpaired) electrons. The zero-order valence-corrected chi connectivity index (χ0v) is 9.62. The molecular weight excluding hydrogens is 224 g/mol. The molecule has 0 fully saturated rings. The number of aromatic nitrogens is 3. The number of primary amides is 1. The summed E-state index contributed by atoms with van der Waals surface area (Å²) < 4.78 is 2.37. The average Bonchev–Trinajstić information content (AvgIpc) is 2.52. The van der Waals surface area contributed by atoms with Crippen molar-refractivity contribution in [3.63, 3.8) is 0 Å². The summed E-state index contributed by atoms with van der Waals surface area (Å²) in [4.78, 5) is 18.2. The number of nitrogens with two attached hydrogens (primary N) is 1. The number of nitrogens with one attached hydrogen (secondary N) is 1. The smallest absolute Gasteiger partial charge is 0.219 e. The molecule has 0 spiro atoms. The number of fused-ring (bicyclic) bond motifs is 1. The fourth-order valence-corrected chi connectivity index (χ4v) is 2.13. The van der Waals surface area contributed by atoms with Crippen molar-refractivity contribution >= 4 is 29.3 Å². The van der Waals surface area contributed by atoms with Gasteiger partial charge in [0, 0.05) is 18.7 Å². The maximum atomic E-state index is 10.9. The predicted octanol–water partition coefficient (Wildman–Crippen LogP) is 1.53. The highest BCUT2D eigenvalue weighted by atomic mass is 32.1. The van der Waals surface area contributed by atoms with Gasteiger partial charge in [0.15, 0.2) is 10.4 Å². The molecule has 1 unspecified atom stereocenters. The molecule has 6 heteroatoms. The van der Waals surface area contributed by atoms with Crippen LogP contribution in [0.15, 0.2) is 18.3 Å². The first-order chi connectivity index (χ1) is 7.59. The van der Waals surface area contributed by atoms with Gasteiger partial charge < -0.3 is 10.7 Å². The van der Waals surface area contributed by atoms with Crippen molar-refractivity contribution in [2.75, 3.05) is 0 Å². The molecule has 1 atom stereocenters. The molecule has 2 rings (SSSR count). The number of rotatable bonds is 3. The van der Waals surface area contributed by atoms with E-state index in [1.165, 1.54) is 0 Å². The number of nitrogens with zero attached hydrogens (tertiary/aromatic N) is 2. The van der Waals surface area contributed by atoms with Gasteiger partial charge in [-0.15, -0.1) is 0 Å². The minimum Gasteiger partial charge on any atom is -0.370 e. The fraction of sp³-hybridized carbons (Fsp3) is 0.300. The molecule has 1 amide bonds. The summed E-state index contributed by atoms with van der Waals surface area (Å²) in [5.74, 6) is -0.348. The van der Waals surface area contributed by atoms with Crippen LogP contribution in [0.3, 0.4) is 0 Å². The molecular formula is C10H12N4OS. The largest absolute Gasteiger partial charge is 0.370 e. The number of pyridine rings is 1. The molecule has 2 aromatic heterocycles. The molecule has 0 aliphatic rings. The summed E-state index contributed by atoms with van der Waals surface area (Å²) >= 11 is 5.20. The number of hydrogen-bond acceptors (Lipinski definition) is 3. The number of imidazole rings is 1. The highest BCUT2D eigenvalue weighted by molar-refractivity contribution is 7.71. The van der Waals surface area contributed by atoms with Gasteiger partial charge in [-0.1, -0.05) is 0 Å². The van der Waals surface area contributed by atoms with Gasteiger partial charge >= 0.3 is 0 Å². The molecule has 84 valence electrons. The number of H-pyrrole nitrogens is 1. The van der Waals surface area contributed by atoms with Crippen LogP contribution in [0.25, 0.3) is 11.2 Å². The van der Waals surface area contributed by atoms with Crippen LogP contribution in [-0.2, 0) is 4.79 Å². The lowest BCUT2D eigenvalue weighted by Crippen LogP contribution is -2.17. The first kappa shape index (κ1) is 10.8. The van der Waals surface area contributed by atoms with Crippen LogP contribution in [0.1, 0.15) is 19.4 Å². The number of carbonyl (C=O) groups is 1. The van der Waals surface area contributed by atoms with E-state index < -0.39 is 0 Å². The Labute approximate surface area is 97.3 Å². The molecule has 0 aliphatic heterocycles. The van der Waals surface area contributed by atoms with Gasteiger partial charge in [-0.05, 0) is 31.3 Å². The third kappa shape index (κ3) is 1.83. The van der Waals surface area contributed by atoms with Crippen LogP contribution in [0.4, 0.5) is 0 Å². The van der Waals surface area contributed by atoms with Gasteiger partial charge in [0.05, 0.1) is 5.52 Å². The number of amides is 1. The van der Waals surface area contributed by atoms with E-state index in [2.05, 4.69) is 9.97 Å². The Balaban J connectivity index is 2.55. The summed E-state index contributed by atoms with van der Waals surface area (Å²) in [5, 5.41) is 0. The zero-order chi connectivity index (χ0) is 11.7. The van der Waals surface area contributed by atoms with E-state index in [0.717, 1.165) is 11.2 Å². The van der Waals surface area contributed by atoms with E-state index >= 15 is 0 Å². The molecule has 2 heterocycles. The predicted molar refractivity (Wildman–Crippen MR) is 63.4 cm³/mol. The average molecular weight is 236 g/mol. The zero-order valence-electron chi connectivity index (χ0n) is 8.80. The third-order valence-electron chi connectivity index (χ3n) is 2.41.